The van der Waals surface area contributed by atoms with E-state index in [1.54, 1.807) is 11.3 Å². The average Bonchev–Trinajstić information content (AvgIpc) is 2.99. The highest BCUT2D eigenvalue weighted by Gasteiger charge is 2.25. The van der Waals surface area contributed by atoms with Gasteiger partial charge in [0.05, 0.1) is 23.5 Å². The fourth-order valence-corrected chi connectivity index (χ4v) is 3.94. The Bertz CT molecular complexity index is 757. The number of benzene rings is 1. The molecule has 0 saturated carbocycles. The van der Waals surface area contributed by atoms with Gasteiger partial charge in [0.15, 0.2) is 0 Å². The van der Waals surface area contributed by atoms with Crippen molar-refractivity contribution in [3.63, 3.8) is 0 Å². The summed E-state index contributed by atoms with van der Waals surface area (Å²) in [5.74, 6) is 1.02. The van der Waals surface area contributed by atoms with Crippen LogP contribution in [0.3, 0.4) is 0 Å². The van der Waals surface area contributed by atoms with E-state index in [1.165, 1.54) is 0 Å². The van der Waals surface area contributed by atoms with Crippen molar-refractivity contribution in [3.8, 4) is 0 Å². The summed E-state index contributed by atoms with van der Waals surface area (Å²) in [5.41, 5.74) is 3.08. The Morgan fingerprint density at radius 3 is 2.64 bits per heavy atom. The van der Waals surface area contributed by atoms with Gasteiger partial charge in [-0.3, -0.25) is 0 Å². The van der Waals surface area contributed by atoms with E-state index in [4.69, 9.17) is 4.99 Å². The summed E-state index contributed by atoms with van der Waals surface area (Å²) in [4.78, 5) is 10.6. The second-order valence-electron chi connectivity index (χ2n) is 5.98. The van der Waals surface area contributed by atoms with Gasteiger partial charge in [-0.15, -0.1) is 11.3 Å². The number of aliphatic imine (C=N–C) groups is 1. The lowest BCUT2D eigenvalue weighted by atomic mass is 10.2. The summed E-state index contributed by atoms with van der Waals surface area (Å²) in [6.07, 6.45) is 0. The molecule has 2 N–H and O–H groups in total. The first-order valence-corrected chi connectivity index (χ1v) is 15.1. The number of piperazine rings is 1. The maximum Gasteiger partial charge on any atom is 0.139 e. The fourth-order valence-electron chi connectivity index (χ4n) is 3.01. The van der Waals surface area contributed by atoms with E-state index in [0.717, 1.165) is 58.8 Å². The molecule has 0 amide bonds. The summed E-state index contributed by atoms with van der Waals surface area (Å²) >= 11 is 5.84. The van der Waals surface area contributed by atoms with Crippen molar-refractivity contribution in [1.29, 1.82) is 0 Å². The standard InChI is InChI=1S/C17H20N4OS.I2/c1-20-6-8-21(9-7-20)16-13-10-12(11-22)23-17(13)19-15-5-3-2-4-14(15)18-16;1-2/h2-5,10,19,22H,6-9,11H2,1H3;. The van der Waals surface area contributed by atoms with Crippen molar-refractivity contribution in [1.82, 2.24) is 9.80 Å². The Hall–Kier alpha value is -0.430. The van der Waals surface area contributed by atoms with Crippen LogP contribution in [0.4, 0.5) is 16.4 Å². The largest absolute Gasteiger partial charge is 0.391 e. The van der Waals surface area contributed by atoms with Crippen LogP contribution in [0.15, 0.2) is 35.3 Å². The van der Waals surface area contributed by atoms with Crippen molar-refractivity contribution in [2.45, 2.75) is 6.61 Å². The quantitative estimate of drug-likeness (QED) is 0.491. The normalized spacial score (nSPS) is 16.6. The zero-order valence-corrected chi connectivity index (χ0v) is 19.0. The molecule has 0 atom stereocenters. The van der Waals surface area contributed by atoms with Crippen LogP contribution in [0.5, 0.6) is 0 Å². The van der Waals surface area contributed by atoms with Crippen LogP contribution in [0, 0.1) is 0 Å². The Kier molecular flexibility index (Phi) is 6.94. The molecule has 5 nitrogen and oxygen atoms in total. The molecule has 0 aliphatic carbocycles. The number of anilines is 2. The summed E-state index contributed by atoms with van der Waals surface area (Å²) in [6, 6.07) is 10.2. The van der Waals surface area contributed by atoms with Crippen LogP contribution in [-0.4, -0.2) is 54.0 Å². The number of thiophene rings is 1. The van der Waals surface area contributed by atoms with Crippen LogP contribution >= 0.6 is 48.6 Å². The molecular weight excluding hydrogens is 562 g/mol. The van der Waals surface area contributed by atoms with Gasteiger partial charge in [-0.1, -0.05) is 12.1 Å². The number of aliphatic hydroxyl groups is 1. The minimum absolute atomic E-state index is 0.0665. The maximum absolute atomic E-state index is 9.51. The number of halogens is 2. The van der Waals surface area contributed by atoms with Crippen molar-refractivity contribution in [3.05, 3.63) is 40.8 Å². The molecule has 1 fully saturated rings. The molecule has 25 heavy (non-hydrogen) atoms. The highest BCUT2D eigenvalue weighted by Crippen LogP contribution is 2.39. The lowest BCUT2D eigenvalue weighted by Crippen LogP contribution is -2.47. The summed E-state index contributed by atoms with van der Waals surface area (Å²) in [6.45, 7) is 4.10. The van der Waals surface area contributed by atoms with Gasteiger partial charge in [-0.2, -0.15) is 0 Å². The number of hydrogen-bond donors (Lipinski definition) is 2. The van der Waals surface area contributed by atoms with Gasteiger partial charge in [0.1, 0.15) is 10.8 Å². The average molecular weight is 582 g/mol. The number of fused-ring (bicyclic) bond motifs is 2. The number of rotatable bonds is 1. The van der Waals surface area contributed by atoms with Crippen LogP contribution in [-0.2, 0) is 6.61 Å². The molecule has 1 aromatic carbocycles. The van der Waals surface area contributed by atoms with Crippen molar-refractivity contribution in [2.24, 2.45) is 4.99 Å². The second-order valence-corrected chi connectivity index (χ2v) is 7.12. The molecule has 2 aliphatic rings. The Morgan fingerprint density at radius 1 is 1.20 bits per heavy atom. The van der Waals surface area contributed by atoms with E-state index in [2.05, 4.69) is 65.5 Å². The second kappa shape index (κ2) is 8.98. The monoisotopic (exact) mass is 582 g/mol. The highest BCUT2D eigenvalue weighted by atomic mass is 128. The first-order chi connectivity index (χ1) is 12.2. The maximum atomic E-state index is 9.51. The van der Waals surface area contributed by atoms with Gasteiger partial charge in [-0.05, 0) is 25.2 Å². The number of para-hydroxylation sites is 2. The number of likely N-dealkylation sites (N-methyl/N-ethyl adjacent to an activating group) is 1. The lowest BCUT2D eigenvalue weighted by Gasteiger charge is -2.34. The van der Waals surface area contributed by atoms with E-state index >= 15 is 0 Å². The zero-order valence-electron chi connectivity index (χ0n) is 13.9. The lowest BCUT2D eigenvalue weighted by molar-refractivity contribution is 0.216. The molecule has 1 aromatic heterocycles. The molecule has 0 spiro atoms. The molecule has 8 heteroatoms. The van der Waals surface area contributed by atoms with Crippen LogP contribution < -0.4 is 5.32 Å². The van der Waals surface area contributed by atoms with Crippen LogP contribution in [0.1, 0.15) is 10.4 Å². The van der Waals surface area contributed by atoms with Gasteiger partial charge in [0, 0.05) is 68.3 Å². The number of aliphatic hydroxyl groups excluding tert-OH is 1. The third-order valence-electron chi connectivity index (χ3n) is 4.36. The summed E-state index contributed by atoms with van der Waals surface area (Å²) < 4.78 is 0. The van der Waals surface area contributed by atoms with E-state index < -0.39 is 0 Å². The highest BCUT2D eigenvalue weighted by molar-refractivity contribution is 15.0. The van der Waals surface area contributed by atoms with Gasteiger partial charge < -0.3 is 20.2 Å². The predicted octanol–water partition coefficient (Wildman–Crippen LogP) is 4.39. The molecule has 2 aliphatic heterocycles. The van der Waals surface area contributed by atoms with Crippen molar-refractivity contribution >= 4 is 70.8 Å². The third-order valence-corrected chi connectivity index (χ3v) is 5.40. The van der Waals surface area contributed by atoms with Crippen LogP contribution in [0.25, 0.3) is 0 Å². The number of nitrogens with zero attached hydrogens (tertiary/aromatic N) is 3. The fraction of sp³-hybridized carbons (Fsp3) is 0.353. The van der Waals surface area contributed by atoms with Crippen LogP contribution in [0.2, 0.25) is 0 Å². The number of nitrogens with one attached hydrogen (secondary N) is 1. The molecule has 0 radical (unpaired) electrons. The van der Waals surface area contributed by atoms with Crippen molar-refractivity contribution in [2.75, 3.05) is 38.5 Å². The minimum Gasteiger partial charge on any atom is -0.391 e. The van der Waals surface area contributed by atoms with E-state index in [0.29, 0.717) is 0 Å². The molecule has 3 heterocycles. The minimum atomic E-state index is 0.0665. The Labute approximate surface area is 175 Å². The molecule has 0 unspecified atom stereocenters. The molecule has 4 rings (SSSR count). The number of amidine groups is 1. The van der Waals surface area contributed by atoms with Crippen molar-refractivity contribution < 1.29 is 5.11 Å². The smallest absolute Gasteiger partial charge is 0.139 e. The zero-order chi connectivity index (χ0) is 17.8. The first-order valence-electron chi connectivity index (χ1n) is 8.01. The predicted molar refractivity (Wildman–Crippen MR) is 123 cm³/mol. The number of hydrogen-bond acceptors (Lipinski definition) is 6. The topological polar surface area (TPSA) is 51.1 Å². The molecule has 0 bridgehead atoms. The summed E-state index contributed by atoms with van der Waals surface area (Å²) in [7, 11) is 2.16. The van der Waals surface area contributed by atoms with E-state index in [9.17, 15) is 5.11 Å². The van der Waals surface area contributed by atoms with Gasteiger partial charge >= 0.3 is 0 Å². The third kappa shape index (κ3) is 4.29. The van der Waals surface area contributed by atoms with Gasteiger partial charge in [-0.25, -0.2) is 4.99 Å². The summed E-state index contributed by atoms with van der Waals surface area (Å²) in [5, 5.41) is 14.1. The molecular formula is C17H20I2N4OS. The van der Waals surface area contributed by atoms with E-state index in [-0.39, 0.29) is 6.61 Å². The van der Waals surface area contributed by atoms with E-state index in [1.807, 2.05) is 24.3 Å². The Morgan fingerprint density at radius 2 is 1.92 bits per heavy atom. The molecule has 134 valence electrons. The van der Waals surface area contributed by atoms with Gasteiger partial charge in [0.25, 0.3) is 0 Å². The molecule has 2 aromatic rings. The Balaban J connectivity index is 0.000000880. The van der Waals surface area contributed by atoms with Gasteiger partial charge in [0.2, 0.25) is 0 Å². The molecule has 1 saturated heterocycles. The SMILES string of the molecule is CN1CCN(C2=Nc3ccccc3Nc3sc(CO)cc32)CC1.II. The first kappa shape index (κ1) is 19.3.